The third kappa shape index (κ3) is 19.1. The van der Waals surface area contributed by atoms with Gasteiger partial charge in [-0.2, -0.15) is 49.3 Å². The first-order valence-corrected chi connectivity index (χ1v) is 34.4. The van der Waals surface area contributed by atoms with E-state index in [1.807, 2.05) is 188 Å². The summed E-state index contributed by atoms with van der Waals surface area (Å²) in [7, 11) is 2.72. The second kappa shape index (κ2) is 34.8. The summed E-state index contributed by atoms with van der Waals surface area (Å²) in [6.45, 7) is 34.9. The molecule has 0 amide bonds. The summed E-state index contributed by atoms with van der Waals surface area (Å²) < 4.78 is 61.7. The fourth-order valence-corrected chi connectivity index (χ4v) is 13.1. The number of nitrogens with one attached hydrogen (secondary N) is 1. The van der Waals surface area contributed by atoms with Crippen molar-refractivity contribution in [3.8, 4) is 33.4 Å². The molecule has 8 heterocycles. The van der Waals surface area contributed by atoms with Crippen molar-refractivity contribution >= 4 is 126 Å². The molecule has 3 atom stereocenters. The van der Waals surface area contributed by atoms with Gasteiger partial charge >= 0.3 is 17.9 Å². The first-order valence-electron chi connectivity index (χ1n) is 33.2. The number of aromatic amines is 1. The minimum atomic E-state index is -1.24. The molecule has 560 valence electrons. The number of carboxylic acids is 1. The molecule has 11 aromatic rings. The summed E-state index contributed by atoms with van der Waals surface area (Å²) in [6, 6.07) is 29.1. The van der Waals surface area contributed by atoms with Gasteiger partial charge in [0.2, 0.25) is 11.9 Å². The van der Waals surface area contributed by atoms with E-state index in [-0.39, 0.29) is 53.6 Å². The monoisotopic (exact) mass is 1550 g/mol. The lowest BCUT2D eigenvalue weighted by molar-refractivity contribution is -0.164. The van der Waals surface area contributed by atoms with Gasteiger partial charge < -0.3 is 42.9 Å². The SMILES string of the molecule is COC(=O)[C@@H](OC(C)(C)C)c1c(C)nc2[nH]c(C)c(C)c2c1-c1ccc(Cl)cc1.COC(=O)[C@@H](OC(C)(C)C)c1c(C)nc2c(c(C)c(C)n2Cc2cccnc2F)c1-c1ccc(Cl)cc1.Cc1nc2c(c(C)c(C)n2Cc2cccnc2F)c(-c2ccc(Cl)cc2)c1[C@H](OC(C)(C)C)C(=O)O.S.S.S. The quantitative estimate of drug-likeness (QED) is 0.0682. The Balaban J connectivity index is 0.000000245. The van der Waals surface area contributed by atoms with Crippen molar-refractivity contribution in [3.05, 3.63) is 215 Å². The molecular weight excluding hydrogens is 1460 g/mol. The number of methoxy groups -OCH3 is 2. The number of pyridine rings is 5. The molecule has 105 heavy (non-hydrogen) atoms. The predicted molar refractivity (Wildman–Crippen MR) is 430 cm³/mol. The van der Waals surface area contributed by atoms with Crippen LogP contribution in [0.1, 0.15) is 159 Å². The largest absolute Gasteiger partial charge is 0.479 e. The molecule has 0 fully saturated rings. The number of halogens is 5. The van der Waals surface area contributed by atoms with E-state index >= 15 is 0 Å². The van der Waals surface area contributed by atoms with Gasteiger partial charge in [-0.15, -0.1) is 0 Å². The van der Waals surface area contributed by atoms with E-state index in [0.717, 1.165) is 89.0 Å². The standard InChI is InChI=1S/C29H31ClFN3O3.C28H29ClFN3O3.C23H27ClN2O3.3H2S/c1-16-18(3)34(15-20-9-8-14-32-26(20)31)27-22(16)24(19-10-12-21(30)13-11-19)23(17(2)33-27)25(28(35)36-7)37-29(4,5)6;1-15-17(3)33(14-19-8-7-13-31-25(19)30)26-21(15)23(18-9-11-20(29)12-10-18)22(16(2)32-26)24(27(34)35)36-28(4,5)6;1-12-13(2)25-21-17(12)19(15-8-10-16(24)11-9-15)18(14(3)26-21)20(22(27)28-7)29-23(4,5)6;;;/h8-14,25H,15H2,1-7H3;7-13,24H,14H2,1-6H3,(H,34,35);8-11,20H,1-7H3,(H,25,26);3*1H2/t25-;24-;20-;;;/m000.../s1. The number of esters is 2. The van der Waals surface area contributed by atoms with Gasteiger partial charge in [0, 0.05) is 122 Å². The normalized spacial score (nSPS) is 12.4. The molecule has 25 heteroatoms. The van der Waals surface area contributed by atoms with E-state index in [0.29, 0.717) is 71.3 Å². The molecule has 0 saturated heterocycles. The minimum Gasteiger partial charge on any atom is -0.479 e. The Morgan fingerprint density at radius 2 is 0.790 bits per heavy atom. The zero-order valence-corrected chi connectivity index (χ0v) is 68.0. The Labute approximate surface area is 648 Å². The summed E-state index contributed by atoms with van der Waals surface area (Å²) in [5.41, 5.74) is 15.6. The number of carbonyl (C=O) groups excluding carboxylic acids is 2. The number of nitrogens with zero attached hydrogens (tertiary/aromatic N) is 7. The number of aryl methyl sites for hydroxylation is 7. The molecule has 0 bridgehead atoms. The van der Waals surface area contributed by atoms with Crippen LogP contribution in [0.2, 0.25) is 15.1 Å². The van der Waals surface area contributed by atoms with Crippen molar-refractivity contribution in [2.75, 3.05) is 14.2 Å². The highest BCUT2D eigenvalue weighted by atomic mass is 35.5. The van der Waals surface area contributed by atoms with Crippen LogP contribution in [0.4, 0.5) is 8.78 Å². The zero-order valence-electron chi connectivity index (χ0n) is 62.8. The van der Waals surface area contributed by atoms with Crippen LogP contribution in [-0.2, 0) is 51.2 Å². The molecule has 0 radical (unpaired) electrons. The van der Waals surface area contributed by atoms with E-state index in [1.54, 1.807) is 43.3 Å². The van der Waals surface area contributed by atoms with E-state index in [4.69, 9.17) is 73.4 Å². The Morgan fingerprint density at radius 3 is 1.10 bits per heavy atom. The number of aromatic nitrogens is 8. The molecule has 17 nitrogen and oxygen atoms in total. The van der Waals surface area contributed by atoms with Crippen molar-refractivity contribution < 1.29 is 52.0 Å². The Hall–Kier alpha value is -7.90. The number of hydrogen-bond acceptors (Lipinski definition) is 13. The second-order valence-corrected chi connectivity index (χ2v) is 29.5. The molecular formula is C80H93Cl3F2N8O9S3. The van der Waals surface area contributed by atoms with Crippen LogP contribution in [0.25, 0.3) is 66.5 Å². The zero-order chi connectivity index (χ0) is 74.9. The number of carbonyl (C=O) groups is 3. The first kappa shape index (κ1) is 86.0. The van der Waals surface area contributed by atoms with Gasteiger partial charge in [0.25, 0.3) is 0 Å². The van der Waals surface area contributed by atoms with Gasteiger partial charge in [-0.05, 0) is 207 Å². The highest BCUT2D eigenvalue weighted by Crippen LogP contribution is 2.46. The van der Waals surface area contributed by atoms with E-state index in [2.05, 4.69) is 15.0 Å². The van der Waals surface area contributed by atoms with Crippen LogP contribution in [-0.4, -0.2) is 93.1 Å². The molecule has 0 aliphatic heterocycles. The fourth-order valence-electron chi connectivity index (χ4n) is 12.7. The maximum atomic E-state index is 14.5. The van der Waals surface area contributed by atoms with Crippen LogP contribution >= 0.6 is 75.3 Å². The van der Waals surface area contributed by atoms with E-state index in [9.17, 15) is 28.3 Å². The fraction of sp³-hybridized carbons (Fsp3) is 0.350. The molecule has 3 aromatic carbocycles. The number of ether oxygens (including phenoxy) is 5. The number of benzene rings is 3. The van der Waals surface area contributed by atoms with Gasteiger partial charge in [-0.1, -0.05) is 83.3 Å². The Bertz CT molecular complexity index is 4990. The van der Waals surface area contributed by atoms with Gasteiger partial charge in [-0.25, -0.2) is 39.3 Å². The molecule has 0 saturated carbocycles. The van der Waals surface area contributed by atoms with Crippen LogP contribution in [0.5, 0.6) is 0 Å². The van der Waals surface area contributed by atoms with Crippen LogP contribution in [0.3, 0.4) is 0 Å². The van der Waals surface area contributed by atoms with Crippen molar-refractivity contribution in [2.24, 2.45) is 0 Å². The molecule has 0 unspecified atom stereocenters. The smallest absolute Gasteiger partial charge is 0.339 e. The lowest BCUT2D eigenvalue weighted by atomic mass is 9.91. The Kier molecular flexibility index (Phi) is 28.5. The van der Waals surface area contributed by atoms with Crippen molar-refractivity contribution in [2.45, 2.75) is 173 Å². The van der Waals surface area contributed by atoms with Crippen molar-refractivity contribution in [1.29, 1.82) is 0 Å². The van der Waals surface area contributed by atoms with Crippen LogP contribution in [0, 0.1) is 74.2 Å². The van der Waals surface area contributed by atoms with Crippen molar-refractivity contribution in [1.82, 2.24) is 39.0 Å². The van der Waals surface area contributed by atoms with Gasteiger partial charge in [0.15, 0.2) is 18.3 Å². The molecule has 0 aliphatic carbocycles. The Morgan fingerprint density at radius 1 is 0.476 bits per heavy atom. The topological polar surface area (TPSA) is 208 Å². The minimum absolute atomic E-state index is 0. The van der Waals surface area contributed by atoms with Crippen LogP contribution < -0.4 is 0 Å². The second-order valence-electron chi connectivity index (χ2n) is 28.2. The first-order chi connectivity index (χ1) is 47.8. The highest BCUT2D eigenvalue weighted by Gasteiger charge is 2.38. The third-order valence-corrected chi connectivity index (χ3v) is 18.4. The average molecular weight is 1550 g/mol. The molecule has 2 N–H and O–H groups in total. The average Bonchev–Trinajstić information content (AvgIpc) is 1.64. The number of carboxylic acid groups (broad SMARTS) is 1. The summed E-state index contributed by atoms with van der Waals surface area (Å²) in [6.07, 6.45) is -0.311. The summed E-state index contributed by atoms with van der Waals surface area (Å²) in [5, 5.41) is 14.7. The molecule has 0 aliphatic rings. The van der Waals surface area contributed by atoms with Gasteiger partial charge in [0.1, 0.15) is 16.9 Å². The maximum absolute atomic E-state index is 14.5. The molecule has 8 aromatic heterocycles. The third-order valence-electron chi connectivity index (χ3n) is 17.6. The lowest BCUT2D eigenvalue weighted by Crippen LogP contribution is -2.29. The number of aliphatic carboxylic acids is 1. The predicted octanol–water partition coefficient (Wildman–Crippen LogP) is 19.9. The number of H-pyrrole nitrogens is 1. The number of fused-ring (bicyclic) bond motifs is 3. The van der Waals surface area contributed by atoms with Gasteiger partial charge in [-0.3, -0.25) is 0 Å². The van der Waals surface area contributed by atoms with E-state index < -0.39 is 64.9 Å². The maximum Gasteiger partial charge on any atom is 0.339 e. The summed E-state index contributed by atoms with van der Waals surface area (Å²) in [5.74, 6) is -3.12. The lowest BCUT2D eigenvalue weighted by Gasteiger charge is -2.29. The molecule has 11 rings (SSSR count). The van der Waals surface area contributed by atoms with Gasteiger partial charge in [0.05, 0.1) is 44.1 Å². The van der Waals surface area contributed by atoms with Crippen LogP contribution in [0.15, 0.2) is 109 Å². The summed E-state index contributed by atoms with van der Waals surface area (Å²) in [4.78, 5) is 63.9. The van der Waals surface area contributed by atoms with Crippen molar-refractivity contribution in [3.63, 3.8) is 0 Å². The molecule has 0 spiro atoms. The number of rotatable bonds is 16. The van der Waals surface area contributed by atoms with E-state index in [1.165, 1.54) is 26.6 Å². The summed E-state index contributed by atoms with van der Waals surface area (Å²) >= 11 is 18.5. The highest BCUT2D eigenvalue weighted by molar-refractivity contribution is 7.59. The number of hydrogen-bond donors (Lipinski definition) is 2.